The first kappa shape index (κ1) is 12.3. The van der Waals surface area contributed by atoms with Crippen molar-refractivity contribution in [2.24, 2.45) is 4.99 Å². The van der Waals surface area contributed by atoms with Crippen LogP contribution in [-0.4, -0.2) is 43.3 Å². The second-order valence-electron chi connectivity index (χ2n) is 5.95. The summed E-state index contributed by atoms with van der Waals surface area (Å²) in [7, 11) is 6.56. The van der Waals surface area contributed by atoms with Crippen molar-refractivity contribution in [2.45, 2.75) is 55.6 Å². The molecule has 0 aromatic carbocycles. The molecule has 0 radical (unpaired) electrons. The van der Waals surface area contributed by atoms with Crippen molar-refractivity contribution in [2.75, 3.05) is 14.1 Å². The third-order valence-corrected chi connectivity index (χ3v) is 5.50. The highest BCUT2D eigenvalue weighted by molar-refractivity contribution is 8.14. The van der Waals surface area contributed by atoms with Gasteiger partial charge in [-0.15, -0.1) is 0 Å². The van der Waals surface area contributed by atoms with Crippen molar-refractivity contribution >= 4 is 24.8 Å². The molecule has 0 spiro atoms. The molecule has 3 unspecified atom stereocenters. The maximum atomic E-state index is 4.41. The van der Waals surface area contributed by atoms with Crippen LogP contribution >= 0.6 is 11.8 Å². The molecule has 1 aliphatic carbocycles. The number of thioether (sulfide) groups is 1. The standard InChI is InChI=1S/C12H23BN2S/c1-12(13)7-5-4-6-9-10(8-12)16-11(14-2)15(9)3/h9-10H,4-8,13H2,1-3H3/b14-11+. The zero-order valence-corrected chi connectivity index (χ0v) is 11.8. The van der Waals surface area contributed by atoms with Gasteiger partial charge in [0.15, 0.2) is 5.17 Å². The van der Waals surface area contributed by atoms with Gasteiger partial charge in [-0.2, -0.15) is 0 Å². The number of aliphatic imine (C=N–C) groups is 1. The molecule has 0 aromatic rings. The number of fused-ring (bicyclic) bond motifs is 1. The first-order valence-electron chi connectivity index (χ1n) is 6.40. The van der Waals surface area contributed by atoms with Gasteiger partial charge in [0.1, 0.15) is 7.85 Å². The fourth-order valence-corrected chi connectivity index (χ4v) is 4.75. The molecule has 0 aromatic heterocycles. The van der Waals surface area contributed by atoms with Gasteiger partial charge in [0.05, 0.1) is 0 Å². The Balaban J connectivity index is 2.15. The highest BCUT2D eigenvalue weighted by Gasteiger charge is 2.40. The second kappa shape index (κ2) is 4.63. The Morgan fingerprint density at radius 3 is 2.94 bits per heavy atom. The van der Waals surface area contributed by atoms with Crippen LogP contribution in [0.5, 0.6) is 0 Å². The molecule has 0 N–H and O–H groups in total. The van der Waals surface area contributed by atoms with Crippen LogP contribution in [0.3, 0.4) is 0 Å². The van der Waals surface area contributed by atoms with E-state index < -0.39 is 0 Å². The van der Waals surface area contributed by atoms with Crippen LogP contribution in [0, 0.1) is 0 Å². The summed E-state index contributed by atoms with van der Waals surface area (Å²) in [5.74, 6) is 0. The SMILES string of the molecule is BC1(C)CCCCC2C(C1)S/C(=N/C)N2C. The molecule has 0 amide bonds. The fourth-order valence-electron chi connectivity index (χ4n) is 3.06. The highest BCUT2D eigenvalue weighted by atomic mass is 32.2. The predicted molar refractivity (Wildman–Crippen MR) is 76.3 cm³/mol. The van der Waals surface area contributed by atoms with Gasteiger partial charge >= 0.3 is 0 Å². The van der Waals surface area contributed by atoms with E-state index in [0.717, 1.165) is 11.3 Å². The Kier molecular flexibility index (Phi) is 3.58. The Morgan fingerprint density at radius 2 is 2.25 bits per heavy atom. The highest BCUT2D eigenvalue weighted by Crippen LogP contribution is 2.45. The Hall–Kier alpha value is -0.115. The molecule has 1 heterocycles. The summed E-state index contributed by atoms with van der Waals surface area (Å²) in [6.45, 7) is 2.43. The van der Waals surface area contributed by atoms with Crippen LogP contribution in [0.15, 0.2) is 4.99 Å². The quantitative estimate of drug-likeness (QED) is 0.601. The van der Waals surface area contributed by atoms with E-state index in [2.05, 4.69) is 31.7 Å². The van der Waals surface area contributed by atoms with Gasteiger partial charge in [-0.05, 0) is 12.8 Å². The van der Waals surface area contributed by atoms with E-state index in [4.69, 9.17) is 0 Å². The molecule has 4 heteroatoms. The van der Waals surface area contributed by atoms with Crippen LogP contribution in [0.4, 0.5) is 0 Å². The smallest absolute Gasteiger partial charge is 0.159 e. The number of hydrogen-bond acceptors (Lipinski definition) is 2. The lowest BCUT2D eigenvalue weighted by Gasteiger charge is -2.34. The molecule has 1 aliphatic heterocycles. The van der Waals surface area contributed by atoms with Crippen molar-refractivity contribution in [3.63, 3.8) is 0 Å². The van der Waals surface area contributed by atoms with Crippen molar-refractivity contribution < 1.29 is 0 Å². The zero-order chi connectivity index (χ0) is 11.8. The fraction of sp³-hybridized carbons (Fsp3) is 0.917. The average Bonchev–Trinajstić information content (AvgIpc) is 2.47. The summed E-state index contributed by atoms with van der Waals surface area (Å²) in [6.07, 6.45) is 6.86. The molecule has 1 saturated heterocycles. The van der Waals surface area contributed by atoms with E-state index >= 15 is 0 Å². The van der Waals surface area contributed by atoms with Crippen LogP contribution in [0.2, 0.25) is 5.31 Å². The molecule has 2 rings (SSSR count). The Bertz CT molecular complexity index is 291. The van der Waals surface area contributed by atoms with Crippen molar-refractivity contribution in [3.05, 3.63) is 0 Å². The van der Waals surface area contributed by atoms with Gasteiger partial charge in [0, 0.05) is 25.4 Å². The zero-order valence-electron chi connectivity index (χ0n) is 11.0. The largest absolute Gasteiger partial charge is 0.350 e. The molecular weight excluding hydrogens is 215 g/mol. The van der Waals surface area contributed by atoms with Gasteiger partial charge in [0.25, 0.3) is 0 Å². The summed E-state index contributed by atoms with van der Waals surface area (Å²) >= 11 is 2.00. The maximum absolute atomic E-state index is 4.41. The van der Waals surface area contributed by atoms with Crippen molar-refractivity contribution in [3.8, 4) is 0 Å². The topological polar surface area (TPSA) is 15.6 Å². The van der Waals surface area contributed by atoms with Crippen LogP contribution in [-0.2, 0) is 0 Å². The van der Waals surface area contributed by atoms with E-state index in [1.807, 2.05) is 18.8 Å². The normalized spacial score (nSPS) is 42.9. The lowest BCUT2D eigenvalue weighted by atomic mass is 9.63. The summed E-state index contributed by atoms with van der Waals surface area (Å²) in [6, 6.07) is 0.725. The summed E-state index contributed by atoms with van der Waals surface area (Å²) in [5.41, 5.74) is 0. The van der Waals surface area contributed by atoms with Gasteiger partial charge in [0.2, 0.25) is 0 Å². The van der Waals surface area contributed by atoms with E-state index in [0.29, 0.717) is 5.31 Å². The minimum absolute atomic E-state index is 0.514. The predicted octanol–water partition coefficient (Wildman–Crippen LogP) is 2.16. The minimum Gasteiger partial charge on any atom is -0.350 e. The molecule has 2 aliphatic rings. The van der Waals surface area contributed by atoms with Crippen molar-refractivity contribution in [1.29, 1.82) is 0 Å². The van der Waals surface area contributed by atoms with E-state index in [1.54, 1.807) is 0 Å². The number of nitrogens with zero attached hydrogens (tertiary/aromatic N) is 2. The lowest BCUT2D eigenvalue weighted by molar-refractivity contribution is 0.296. The Labute approximate surface area is 105 Å². The van der Waals surface area contributed by atoms with Crippen LogP contribution < -0.4 is 0 Å². The van der Waals surface area contributed by atoms with E-state index in [-0.39, 0.29) is 0 Å². The van der Waals surface area contributed by atoms with Crippen LogP contribution in [0.1, 0.15) is 39.0 Å². The molecule has 1 saturated carbocycles. The molecular formula is C12H23BN2S. The Morgan fingerprint density at radius 1 is 1.50 bits per heavy atom. The van der Waals surface area contributed by atoms with Gasteiger partial charge < -0.3 is 4.90 Å². The summed E-state index contributed by atoms with van der Waals surface area (Å²) in [4.78, 5) is 6.82. The average molecular weight is 238 g/mol. The minimum atomic E-state index is 0.514. The monoisotopic (exact) mass is 238 g/mol. The molecule has 16 heavy (non-hydrogen) atoms. The third-order valence-electron chi connectivity index (χ3n) is 4.03. The first-order chi connectivity index (χ1) is 7.53. The summed E-state index contributed by atoms with van der Waals surface area (Å²) < 4.78 is 0. The van der Waals surface area contributed by atoms with Gasteiger partial charge in [-0.25, -0.2) is 0 Å². The number of hydrogen-bond donors (Lipinski definition) is 0. The molecule has 0 bridgehead atoms. The number of amidine groups is 1. The molecule has 2 fully saturated rings. The van der Waals surface area contributed by atoms with Crippen LogP contribution in [0.25, 0.3) is 0 Å². The second-order valence-corrected chi connectivity index (χ2v) is 7.16. The third kappa shape index (κ3) is 2.42. The molecule has 90 valence electrons. The number of rotatable bonds is 0. The molecule has 2 nitrogen and oxygen atoms in total. The van der Waals surface area contributed by atoms with Crippen molar-refractivity contribution in [1.82, 2.24) is 4.90 Å². The van der Waals surface area contributed by atoms with E-state index in [9.17, 15) is 0 Å². The molecule has 3 atom stereocenters. The van der Waals surface area contributed by atoms with Gasteiger partial charge in [-0.3, -0.25) is 4.99 Å². The van der Waals surface area contributed by atoms with E-state index in [1.165, 1.54) is 37.3 Å². The maximum Gasteiger partial charge on any atom is 0.159 e. The first-order valence-corrected chi connectivity index (χ1v) is 7.28. The lowest BCUT2D eigenvalue weighted by Crippen LogP contribution is -2.36. The summed E-state index contributed by atoms with van der Waals surface area (Å²) in [5, 5.41) is 2.52. The van der Waals surface area contributed by atoms with Gasteiger partial charge in [-0.1, -0.05) is 43.3 Å².